The molecule has 8 heteroatoms. The summed E-state index contributed by atoms with van der Waals surface area (Å²) in [5.41, 5.74) is 2.26. The predicted octanol–water partition coefficient (Wildman–Crippen LogP) is 3.00. The second-order valence-corrected chi connectivity index (χ2v) is 8.28. The van der Waals surface area contributed by atoms with Crippen LogP contribution in [0.4, 0.5) is 5.69 Å². The average molecular weight is 420 g/mol. The molecule has 0 fully saturated rings. The van der Waals surface area contributed by atoms with Crippen LogP contribution >= 0.6 is 12.2 Å². The molecule has 1 heterocycles. The van der Waals surface area contributed by atoms with E-state index >= 15 is 0 Å². The summed E-state index contributed by atoms with van der Waals surface area (Å²) in [6.45, 7) is 7.90. The fourth-order valence-corrected chi connectivity index (χ4v) is 2.98. The predicted molar refractivity (Wildman–Crippen MR) is 116 cm³/mol. The summed E-state index contributed by atoms with van der Waals surface area (Å²) in [6.07, 6.45) is 0. The highest BCUT2D eigenvalue weighted by molar-refractivity contribution is 7.80. The third-order valence-corrected chi connectivity index (χ3v) is 5.07. The van der Waals surface area contributed by atoms with Gasteiger partial charge in [-0.3, -0.25) is 4.79 Å². The van der Waals surface area contributed by atoms with E-state index in [4.69, 9.17) is 21.7 Å². The Kier molecular flexibility index (Phi) is 7.37. The van der Waals surface area contributed by atoms with Crippen molar-refractivity contribution in [3.8, 4) is 0 Å². The van der Waals surface area contributed by atoms with Gasteiger partial charge in [0.15, 0.2) is 5.11 Å². The standard InChI is InChI=1S/C21H29N3O4S/c1-13-16(18(25)28-12-11-27-6)17(23-20(29)24(13)5)14-7-9-15(10-8-14)22-19(26)21(2,3)4/h7-10,17H,11-12H2,1-6H3,(H,22,26)(H,23,29)/t17-/m0/s1. The van der Waals surface area contributed by atoms with Crippen molar-refractivity contribution >= 4 is 34.9 Å². The number of nitrogens with one attached hydrogen (secondary N) is 2. The number of hydrogen-bond acceptors (Lipinski definition) is 5. The molecule has 29 heavy (non-hydrogen) atoms. The number of hydrogen-bond donors (Lipinski definition) is 2. The lowest BCUT2D eigenvalue weighted by atomic mass is 9.94. The lowest BCUT2D eigenvalue weighted by Gasteiger charge is -2.35. The normalized spacial score (nSPS) is 17.1. The first-order valence-corrected chi connectivity index (χ1v) is 9.79. The van der Waals surface area contributed by atoms with E-state index in [1.165, 1.54) is 0 Å². The molecule has 2 N–H and O–H groups in total. The lowest BCUT2D eigenvalue weighted by Crippen LogP contribution is -2.46. The van der Waals surface area contributed by atoms with Crippen LogP contribution in [0.2, 0.25) is 0 Å². The summed E-state index contributed by atoms with van der Waals surface area (Å²) < 4.78 is 10.3. The van der Waals surface area contributed by atoms with Gasteiger partial charge in [-0.15, -0.1) is 0 Å². The Hall–Kier alpha value is -2.45. The molecule has 1 aromatic carbocycles. The maximum atomic E-state index is 12.7. The van der Waals surface area contributed by atoms with Gasteiger partial charge in [-0.25, -0.2) is 4.79 Å². The summed E-state index contributed by atoms with van der Waals surface area (Å²) >= 11 is 5.40. The number of allylic oxidation sites excluding steroid dienone is 1. The second-order valence-electron chi connectivity index (χ2n) is 7.90. The fourth-order valence-electron chi connectivity index (χ4n) is 2.72. The van der Waals surface area contributed by atoms with Gasteiger partial charge in [0.05, 0.1) is 18.2 Å². The topological polar surface area (TPSA) is 79.9 Å². The van der Waals surface area contributed by atoms with Crippen molar-refractivity contribution in [1.29, 1.82) is 0 Å². The highest BCUT2D eigenvalue weighted by atomic mass is 32.1. The van der Waals surface area contributed by atoms with Crippen molar-refractivity contribution < 1.29 is 19.1 Å². The molecule has 1 amide bonds. The number of nitrogens with zero attached hydrogens (tertiary/aromatic N) is 1. The Morgan fingerprint density at radius 1 is 1.21 bits per heavy atom. The Morgan fingerprint density at radius 3 is 2.38 bits per heavy atom. The molecule has 0 saturated heterocycles. The van der Waals surface area contributed by atoms with Crippen molar-refractivity contribution in [3.63, 3.8) is 0 Å². The summed E-state index contributed by atoms with van der Waals surface area (Å²) in [5, 5.41) is 6.61. The van der Waals surface area contributed by atoms with Gasteiger partial charge in [0, 0.05) is 31.0 Å². The second kappa shape index (κ2) is 9.37. The number of rotatable bonds is 6. The summed E-state index contributed by atoms with van der Waals surface area (Å²) in [5.74, 6) is -0.487. The quantitative estimate of drug-likeness (QED) is 0.417. The van der Waals surface area contributed by atoms with Gasteiger partial charge in [0.25, 0.3) is 0 Å². The third kappa shape index (κ3) is 5.55. The van der Waals surface area contributed by atoms with E-state index in [1.54, 1.807) is 19.1 Å². The Morgan fingerprint density at radius 2 is 1.83 bits per heavy atom. The van der Waals surface area contributed by atoms with Gasteiger partial charge in [-0.05, 0) is 36.8 Å². The van der Waals surface area contributed by atoms with Gasteiger partial charge in [0.2, 0.25) is 5.91 Å². The Bertz CT molecular complexity index is 812. The molecule has 1 aromatic rings. The van der Waals surface area contributed by atoms with Crippen LogP contribution in [0.5, 0.6) is 0 Å². The van der Waals surface area contributed by atoms with Crippen molar-refractivity contribution in [3.05, 3.63) is 41.1 Å². The molecular formula is C21H29N3O4S. The number of anilines is 1. The van der Waals surface area contributed by atoms with E-state index in [2.05, 4.69) is 10.6 Å². The molecule has 0 spiro atoms. The molecular weight excluding hydrogens is 390 g/mol. The van der Waals surface area contributed by atoms with E-state index in [0.717, 1.165) is 11.3 Å². The minimum absolute atomic E-state index is 0.0676. The largest absolute Gasteiger partial charge is 0.460 e. The van der Waals surface area contributed by atoms with E-state index in [-0.39, 0.29) is 12.5 Å². The number of amides is 1. The first-order chi connectivity index (χ1) is 13.6. The zero-order chi connectivity index (χ0) is 21.8. The minimum Gasteiger partial charge on any atom is -0.460 e. The van der Waals surface area contributed by atoms with E-state index in [1.807, 2.05) is 52.0 Å². The number of carbonyl (C=O) groups is 2. The maximum absolute atomic E-state index is 12.7. The number of methoxy groups -OCH3 is 1. The Labute approximate surface area is 177 Å². The van der Waals surface area contributed by atoms with Crippen LogP contribution < -0.4 is 10.6 Å². The van der Waals surface area contributed by atoms with Crippen molar-refractivity contribution in [1.82, 2.24) is 10.2 Å². The average Bonchev–Trinajstić information content (AvgIpc) is 2.65. The number of thiocarbonyl (C=S) groups is 1. The van der Waals surface area contributed by atoms with Crippen molar-refractivity contribution in [2.45, 2.75) is 33.7 Å². The van der Waals surface area contributed by atoms with Crippen LogP contribution in [0, 0.1) is 5.41 Å². The van der Waals surface area contributed by atoms with Crippen LogP contribution in [-0.2, 0) is 19.1 Å². The summed E-state index contributed by atoms with van der Waals surface area (Å²) in [6, 6.07) is 6.90. The van der Waals surface area contributed by atoms with Gasteiger partial charge >= 0.3 is 5.97 Å². The smallest absolute Gasteiger partial charge is 0.338 e. The highest BCUT2D eigenvalue weighted by Crippen LogP contribution is 2.31. The number of ether oxygens (including phenoxy) is 2. The van der Waals surface area contributed by atoms with E-state index < -0.39 is 17.4 Å². The molecule has 0 bridgehead atoms. The number of benzene rings is 1. The van der Waals surface area contributed by atoms with Crippen molar-refractivity contribution in [2.24, 2.45) is 5.41 Å². The third-order valence-electron chi connectivity index (χ3n) is 4.68. The van der Waals surface area contributed by atoms with Crippen LogP contribution in [-0.4, -0.2) is 49.3 Å². The molecule has 1 aliphatic rings. The number of carbonyl (C=O) groups excluding carboxylic acids is 2. The van der Waals surface area contributed by atoms with Crippen LogP contribution in [0.25, 0.3) is 0 Å². The molecule has 0 unspecified atom stereocenters. The van der Waals surface area contributed by atoms with Gasteiger partial charge in [-0.2, -0.15) is 0 Å². The molecule has 7 nitrogen and oxygen atoms in total. The van der Waals surface area contributed by atoms with Gasteiger partial charge in [-0.1, -0.05) is 32.9 Å². The summed E-state index contributed by atoms with van der Waals surface area (Å²) in [4.78, 5) is 26.7. The monoisotopic (exact) mass is 419 g/mol. The molecule has 0 radical (unpaired) electrons. The summed E-state index contributed by atoms with van der Waals surface area (Å²) in [7, 11) is 3.35. The minimum atomic E-state index is -0.487. The van der Waals surface area contributed by atoms with Crippen molar-refractivity contribution in [2.75, 3.05) is 32.7 Å². The van der Waals surface area contributed by atoms with Crippen LogP contribution in [0.3, 0.4) is 0 Å². The van der Waals surface area contributed by atoms with Gasteiger partial charge in [0.1, 0.15) is 6.61 Å². The highest BCUT2D eigenvalue weighted by Gasteiger charge is 2.33. The van der Waals surface area contributed by atoms with Crippen LogP contribution in [0.1, 0.15) is 39.3 Å². The first kappa shape index (κ1) is 22.8. The lowest BCUT2D eigenvalue weighted by molar-refractivity contribution is -0.140. The SMILES string of the molecule is COCCOC(=O)C1=C(C)N(C)C(=S)N[C@H]1c1ccc(NC(=O)C(C)(C)C)cc1. The first-order valence-electron chi connectivity index (χ1n) is 9.38. The molecule has 0 saturated carbocycles. The van der Waals surface area contributed by atoms with Gasteiger partial charge < -0.3 is 25.0 Å². The van der Waals surface area contributed by atoms with E-state index in [0.29, 0.717) is 23.0 Å². The number of esters is 1. The zero-order valence-electron chi connectivity index (χ0n) is 17.8. The maximum Gasteiger partial charge on any atom is 0.338 e. The molecule has 0 aliphatic carbocycles. The molecule has 158 valence electrons. The van der Waals surface area contributed by atoms with Crippen LogP contribution in [0.15, 0.2) is 35.5 Å². The molecule has 0 aromatic heterocycles. The van der Waals surface area contributed by atoms with E-state index in [9.17, 15) is 9.59 Å². The Balaban J connectivity index is 2.28. The molecule has 2 rings (SSSR count). The zero-order valence-corrected chi connectivity index (χ0v) is 18.6. The molecule has 1 aliphatic heterocycles. The fraction of sp³-hybridized carbons (Fsp3) is 0.476. The molecule has 1 atom stereocenters.